The van der Waals surface area contributed by atoms with Crippen molar-refractivity contribution in [2.45, 2.75) is 51.1 Å². The lowest BCUT2D eigenvalue weighted by Crippen LogP contribution is -2.63. The molecule has 1 aromatic heterocycles. The van der Waals surface area contributed by atoms with E-state index < -0.39 is 0 Å². The molecule has 1 atom stereocenters. The summed E-state index contributed by atoms with van der Waals surface area (Å²) in [6.45, 7) is 5.13. The number of carbonyl (C=O) groups excluding carboxylic acids is 1. The Morgan fingerprint density at radius 1 is 1.22 bits per heavy atom. The Morgan fingerprint density at radius 3 is 2.44 bits per heavy atom. The predicted molar refractivity (Wildman–Crippen MR) is 107 cm³/mol. The monoisotopic (exact) mass is 366 g/mol. The van der Waals surface area contributed by atoms with E-state index in [1.54, 1.807) is 0 Å². The maximum atomic E-state index is 13.4. The number of aryl methyl sites for hydroxylation is 3. The molecule has 2 aliphatic heterocycles. The molecule has 3 fully saturated rings. The molecule has 1 saturated carbocycles. The second-order valence-electron chi connectivity index (χ2n) is 8.50. The van der Waals surface area contributed by atoms with Crippen LogP contribution in [0.4, 0.5) is 0 Å². The van der Waals surface area contributed by atoms with Gasteiger partial charge in [-0.25, -0.2) is 4.98 Å². The smallest absolute Gasteiger partial charge is 0.252 e. The van der Waals surface area contributed by atoms with Gasteiger partial charge in [0.15, 0.2) is 0 Å². The molecular formula is C22H30N4O. The van der Waals surface area contributed by atoms with Crippen LogP contribution in [0.2, 0.25) is 0 Å². The van der Waals surface area contributed by atoms with E-state index in [4.69, 9.17) is 0 Å². The number of benzene rings is 1. The number of fused-ring (bicyclic) bond motifs is 3. The first kappa shape index (κ1) is 18.2. The van der Waals surface area contributed by atoms with Crippen molar-refractivity contribution in [3.63, 3.8) is 0 Å². The van der Waals surface area contributed by atoms with Crippen molar-refractivity contribution in [3.05, 3.63) is 53.1 Å². The molecule has 2 bridgehead atoms. The minimum Gasteiger partial charge on any atom is -0.340 e. The summed E-state index contributed by atoms with van der Waals surface area (Å²) in [6.07, 6.45) is 8.50. The largest absolute Gasteiger partial charge is 0.340 e. The number of piperidine rings is 2. The molecule has 2 saturated heterocycles. The van der Waals surface area contributed by atoms with Gasteiger partial charge in [-0.3, -0.25) is 9.69 Å². The van der Waals surface area contributed by atoms with Gasteiger partial charge in [-0.05, 0) is 63.6 Å². The third kappa shape index (κ3) is 2.98. The van der Waals surface area contributed by atoms with Gasteiger partial charge in [0.25, 0.3) is 5.91 Å². The molecule has 5 heteroatoms. The highest BCUT2D eigenvalue weighted by molar-refractivity contribution is 5.97. The van der Waals surface area contributed by atoms with E-state index in [0.717, 1.165) is 47.8 Å². The first-order chi connectivity index (χ1) is 12.9. The molecule has 1 N–H and O–H groups in total. The highest BCUT2D eigenvalue weighted by Gasteiger charge is 2.51. The van der Waals surface area contributed by atoms with Gasteiger partial charge >= 0.3 is 0 Å². The van der Waals surface area contributed by atoms with Gasteiger partial charge in [0.05, 0.1) is 0 Å². The Labute approximate surface area is 161 Å². The Kier molecular flexibility index (Phi) is 4.58. The molecule has 1 aliphatic carbocycles. The number of amides is 1. The van der Waals surface area contributed by atoms with Gasteiger partial charge in [-0.2, -0.15) is 0 Å². The van der Waals surface area contributed by atoms with E-state index in [9.17, 15) is 4.79 Å². The molecule has 2 aromatic rings. The minimum absolute atomic E-state index is 0.00840. The number of nitrogens with one attached hydrogen (secondary N) is 1. The summed E-state index contributed by atoms with van der Waals surface area (Å²) in [5.41, 5.74) is 2.77. The number of likely N-dealkylation sites (N-methyl/N-ethyl adjacent to an activating group) is 1. The number of carbonyl (C=O) groups is 1. The van der Waals surface area contributed by atoms with Gasteiger partial charge in [-0.1, -0.05) is 18.2 Å². The highest BCUT2D eigenvalue weighted by atomic mass is 16.1. The molecule has 1 unspecified atom stereocenters. The molecule has 3 heterocycles. The Morgan fingerprint density at radius 2 is 1.89 bits per heavy atom. The summed E-state index contributed by atoms with van der Waals surface area (Å²) < 4.78 is 2.05. The maximum Gasteiger partial charge on any atom is 0.252 e. The van der Waals surface area contributed by atoms with Crippen LogP contribution in [0.15, 0.2) is 30.6 Å². The van der Waals surface area contributed by atoms with E-state index in [-0.39, 0.29) is 17.5 Å². The minimum atomic E-state index is -0.116. The van der Waals surface area contributed by atoms with Crippen LogP contribution in [0, 0.1) is 19.8 Å². The fourth-order valence-corrected chi connectivity index (χ4v) is 5.29. The fraction of sp³-hybridized carbons (Fsp3) is 0.545. The normalized spacial score (nSPS) is 26.1. The Balaban J connectivity index is 1.74. The van der Waals surface area contributed by atoms with Gasteiger partial charge in [0, 0.05) is 37.1 Å². The van der Waals surface area contributed by atoms with Crippen molar-refractivity contribution >= 4 is 5.91 Å². The summed E-state index contributed by atoms with van der Waals surface area (Å²) in [5.74, 6) is 1.75. The number of aromatic nitrogens is 2. The summed E-state index contributed by atoms with van der Waals surface area (Å²) >= 11 is 0. The first-order valence-corrected chi connectivity index (χ1v) is 9.98. The van der Waals surface area contributed by atoms with Gasteiger partial charge < -0.3 is 9.88 Å². The molecule has 27 heavy (non-hydrogen) atoms. The van der Waals surface area contributed by atoms with Crippen molar-refractivity contribution in [2.24, 2.45) is 13.0 Å². The zero-order chi connectivity index (χ0) is 19.2. The second kappa shape index (κ2) is 6.79. The molecule has 0 spiro atoms. The van der Waals surface area contributed by atoms with Gasteiger partial charge in [0.1, 0.15) is 11.9 Å². The first-order valence-electron chi connectivity index (χ1n) is 9.98. The molecule has 0 radical (unpaired) electrons. The molecule has 5 nitrogen and oxygen atoms in total. The van der Waals surface area contributed by atoms with Crippen molar-refractivity contribution in [3.8, 4) is 0 Å². The number of hydrogen-bond acceptors (Lipinski definition) is 3. The second-order valence-corrected chi connectivity index (χ2v) is 8.50. The molecule has 144 valence electrons. The SMILES string of the molecule is Cc1cccc(C)c1C(=O)NC(c1nccn1C)C12CCC(CC1)CN2C. The van der Waals surface area contributed by atoms with Crippen LogP contribution in [0.1, 0.15) is 59.0 Å². The third-order valence-electron chi connectivity index (χ3n) is 6.90. The summed E-state index contributed by atoms with van der Waals surface area (Å²) in [6, 6.07) is 5.91. The molecule has 1 amide bonds. The lowest BCUT2D eigenvalue weighted by molar-refractivity contribution is -0.0427. The zero-order valence-electron chi connectivity index (χ0n) is 16.8. The van der Waals surface area contributed by atoms with E-state index in [1.807, 2.05) is 51.5 Å². The predicted octanol–water partition coefficient (Wildman–Crippen LogP) is 3.38. The van der Waals surface area contributed by atoms with Crippen molar-refractivity contribution < 1.29 is 4.79 Å². The number of imidazole rings is 1. The summed E-state index contributed by atoms with van der Waals surface area (Å²) in [4.78, 5) is 20.5. The molecular weight excluding hydrogens is 336 g/mol. The van der Waals surface area contributed by atoms with Crippen LogP contribution in [0.25, 0.3) is 0 Å². The van der Waals surface area contributed by atoms with Crippen LogP contribution < -0.4 is 5.32 Å². The Bertz CT molecular complexity index is 827. The van der Waals surface area contributed by atoms with E-state index >= 15 is 0 Å². The average Bonchev–Trinajstić information content (AvgIpc) is 3.06. The molecule has 1 aromatic carbocycles. The van der Waals surface area contributed by atoms with Crippen LogP contribution in [0.5, 0.6) is 0 Å². The lowest BCUT2D eigenvalue weighted by Gasteiger charge is -2.56. The Hall–Kier alpha value is -2.14. The number of rotatable bonds is 4. The summed E-state index contributed by atoms with van der Waals surface area (Å²) in [5, 5.41) is 3.41. The maximum absolute atomic E-state index is 13.4. The van der Waals surface area contributed by atoms with E-state index in [0.29, 0.717) is 0 Å². The van der Waals surface area contributed by atoms with Gasteiger partial charge in [-0.15, -0.1) is 0 Å². The fourth-order valence-electron chi connectivity index (χ4n) is 5.29. The van der Waals surface area contributed by atoms with E-state index in [2.05, 4.69) is 26.8 Å². The topological polar surface area (TPSA) is 50.2 Å². The summed E-state index contributed by atoms with van der Waals surface area (Å²) in [7, 11) is 4.23. The highest BCUT2D eigenvalue weighted by Crippen LogP contribution is 2.48. The lowest BCUT2D eigenvalue weighted by atomic mass is 9.67. The van der Waals surface area contributed by atoms with E-state index in [1.165, 1.54) is 12.8 Å². The quantitative estimate of drug-likeness (QED) is 0.902. The van der Waals surface area contributed by atoms with Crippen LogP contribution in [0.3, 0.4) is 0 Å². The van der Waals surface area contributed by atoms with Crippen molar-refractivity contribution in [1.82, 2.24) is 19.8 Å². The van der Waals surface area contributed by atoms with Crippen LogP contribution in [-0.2, 0) is 7.05 Å². The standard InChI is InChI=1S/C22H30N4O/c1-15-6-5-7-16(2)18(15)21(27)24-19(20-23-12-13-25(20)3)22-10-8-17(9-11-22)14-26(22)4/h5-7,12-13,17,19H,8-11,14H2,1-4H3,(H,24,27). The molecule has 3 aliphatic rings. The van der Waals surface area contributed by atoms with Crippen LogP contribution >= 0.6 is 0 Å². The van der Waals surface area contributed by atoms with Crippen molar-refractivity contribution in [2.75, 3.05) is 13.6 Å². The number of hydrogen-bond donors (Lipinski definition) is 1. The van der Waals surface area contributed by atoms with Crippen LogP contribution in [-0.4, -0.2) is 39.5 Å². The average molecular weight is 367 g/mol. The molecule has 5 rings (SSSR count). The third-order valence-corrected chi connectivity index (χ3v) is 6.90. The van der Waals surface area contributed by atoms with Gasteiger partial charge in [0.2, 0.25) is 0 Å². The zero-order valence-corrected chi connectivity index (χ0v) is 16.8. The number of nitrogens with zero attached hydrogens (tertiary/aromatic N) is 3. The van der Waals surface area contributed by atoms with Crippen molar-refractivity contribution in [1.29, 1.82) is 0 Å².